The van der Waals surface area contributed by atoms with Crippen LogP contribution in [0.15, 0.2) is 60.7 Å². The number of ether oxygens (including phenoxy) is 1. The van der Waals surface area contributed by atoms with Crippen LogP contribution in [0.3, 0.4) is 0 Å². The summed E-state index contributed by atoms with van der Waals surface area (Å²) >= 11 is 0. The number of carbonyl (C=O) groups excluding carboxylic acids is 2. The summed E-state index contributed by atoms with van der Waals surface area (Å²) in [6.07, 6.45) is -3.85. The first-order valence-corrected chi connectivity index (χ1v) is 10.5. The van der Waals surface area contributed by atoms with Crippen LogP contribution >= 0.6 is 0 Å². The summed E-state index contributed by atoms with van der Waals surface area (Å²) in [4.78, 5) is 30.9. The highest BCUT2D eigenvalue weighted by Gasteiger charge is 2.31. The van der Waals surface area contributed by atoms with Crippen LogP contribution in [0.4, 0.5) is 35.2 Å². The Morgan fingerprint density at radius 1 is 1.09 bits per heavy atom. The molecule has 2 N–H and O–H groups in total. The van der Waals surface area contributed by atoms with Crippen LogP contribution in [0.2, 0.25) is 0 Å². The van der Waals surface area contributed by atoms with Crippen molar-refractivity contribution in [3.63, 3.8) is 0 Å². The average molecular weight is 470 g/mol. The molecule has 0 saturated heterocycles. The van der Waals surface area contributed by atoms with Gasteiger partial charge in [-0.2, -0.15) is 13.2 Å². The fraction of sp³-hybridized carbons (Fsp3) is 0.208. The normalized spacial score (nSPS) is 13.4. The molecule has 0 saturated carbocycles. The number of nitrogens with zero attached hydrogens (tertiary/aromatic N) is 2. The SMILES string of the molecule is COC(=O)c1cccc(NC(=O)N2CCCNc3ccc(-c4cccc(C(F)(F)F)c4)nc32)c1. The Kier molecular flexibility index (Phi) is 6.40. The van der Waals surface area contributed by atoms with Crippen molar-refractivity contribution in [1.29, 1.82) is 0 Å². The number of anilines is 3. The Balaban J connectivity index is 1.65. The number of aromatic nitrogens is 1. The van der Waals surface area contributed by atoms with Crippen LogP contribution in [-0.2, 0) is 10.9 Å². The van der Waals surface area contributed by atoms with Gasteiger partial charge < -0.3 is 15.4 Å². The van der Waals surface area contributed by atoms with Gasteiger partial charge in [-0.05, 0) is 48.9 Å². The Bertz CT molecular complexity index is 1230. The second kappa shape index (κ2) is 9.42. The Hall–Kier alpha value is -4.08. The average Bonchev–Trinajstić information content (AvgIpc) is 3.05. The third-order valence-electron chi connectivity index (χ3n) is 5.27. The van der Waals surface area contributed by atoms with Crippen LogP contribution < -0.4 is 15.5 Å². The Labute approximate surface area is 193 Å². The molecule has 2 aromatic carbocycles. The van der Waals surface area contributed by atoms with Gasteiger partial charge in [-0.1, -0.05) is 18.2 Å². The summed E-state index contributed by atoms with van der Waals surface area (Å²) in [5, 5.41) is 5.95. The predicted molar refractivity (Wildman–Crippen MR) is 122 cm³/mol. The molecule has 0 radical (unpaired) electrons. The summed E-state index contributed by atoms with van der Waals surface area (Å²) in [7, 11) is 1.27. The van der Waals surface area contributed by atoms with Gasteiger partial charge in [0.1, 0.15) is 0 Å². The number of esters is 1. The molecule has 10 heteroatoms. The highest BCUT2D eigenvalue weighted by Crippen LogP contribution is 2.34. The maximum atomic E-state index is 13.2. The number of benzene rings is 2. The molecule has 4 rings (SSSR count). The first-order chi connectivity index (χ1) is 16.3. The number of halogens is 3. The smallest absolute Gasteiger partial charge is 0.416 e. The maximum Gasteiger partial charge on any atom is 0.416 e. The van der Waals surface area contributed by atoms with Gasteiger partial charge in [0.05, 0.1) is 29.6 Å². The van der Waals surface area contributed by atoms with Gasteiger partial charge in [-0.25, -0.2) is 14.6 Å². The number of nitrogens with one attached hydrogen (secondary N) is 2. The molecule has 2 heterocycles. The van der Waals surface area contributed by atoms with E-state index in [-0.39, 0.29) is 11.1 Å². The molecule has 7 nitrogen and oxygen atoms in total. The number of carbonyl (C=O) groups is 2. The number of alkyl halides is 3. The van der Waals surface area contributed by atoms with Crippen molar-refractivity contribution in [2.24, 2.45) is 0 Å². The van der Waals surface area contributed by atoms with Crippen LogP contribution in [0.25, 0.3) is 11.3 Å². The van der Waals surface area contributed by atoms with Gasteiger partial charge >= 0.3 is 18.2 Å². The van der Waals surface area contributed by atoms with Crippen LogP contribution in [-0.4, -0.2) is 37.2 Å². The number of pyridine rings is 1. The van der Waals surface area contributed by atoms with Gasteiger partial charge in [-0.15, -0.1) is 0 Å². The second-order valence-corrected chi connectivity index (χ2v) is 7.58. The van der Waals surface area contributed by atoms with Gasteiger partial charge in [0.25, 0.3) is 0 Å². The van der Waals surface area contributed by atoms with Gasteiger partial charge in [0.15, 0.2) is 5.82 Å². The summed E-state index contributed by atoms with van der Waals surface area (Å²) in [6, 6.07) is 14.0. The van der Waals surface area contributed by atoms with E-state index in [0.717, 1.165) is 12.1 Å². The van der Waals surface area contributed by atoms with E-state index < -0.39 is 23.7 Å². The summed E-state index contributed by atoms with van der Waals surface area (Å²) in [6.45, 7) is 0.931. The maximum absolute atomic E-state index is 13.2. The fourth-order valence-corrected chi connectivity index (χ4v) is 3.60. The molecule has 0 unspecified atom stereocenters. The van der Waals surface area contributed by atoms with Crippen molar-refractivity contribution >= 4 is 29.2 Å². The standard InChI is InChI=1S/C24H21F3N4O3/c1-34-22(32)16-6-3-8-18(14-16)29-23(33)31-12-4-11-28-20-10-9-19(30-21(20)31)15-5-2-7-17(13-15)24(25,26)27/h2-3,5-10,13-14,28H,4,11-12H2,1H3,(H,29,33). The number of fused-ring (bicyclic) bond motifs is 1. The molecule has 176 valence electrons. The van der Waals surface area contributed by atoms with Crippen molar-refractivity contribution < 1.29 is 27.5 Å². The summed E-state index contributed by atoms with van der Waals surface area (Å²) in [5.41, 5.74) is 1.07. The van der Waals surface area contributed by atoms with E-state index in [9.17, 15) is 22.8 Å². The lowest BCUT2D eigenvalue weighted by Gasteiger charge is -2.22. The zero-order chi connectivity index (χ0) is 24.3. The largest absolute Gasteiger partial charge is 0.465 e. The third-order valence-corrected chi connectivity index (χ3v) is 5.27. The van der Waals surface area contributed by atoms with E-state index >= 15 is 0 Å². The number of urea groups is 1. The van der Waals surface area contributed by atoms with Crippen molar-refractivity contribution in [1.82, 2.24) is 4.98 Å². The van der Waals surface area contributed by atoms with Gasteiger partial charge in [0, 0.05) is 24.3 Å². The van der Waals surface area contributed by atoms with Crippen molar-refractivity contribution in [2.45, 2.75) is 12.6 Å². The van der Waals surface area contributed by atoms with E-state index in [4.69, 9.17) is 4.74 Å². The summed E-state index contributed by atoms with van der Waals surface area (Å²) < 4.78 is 44.2. The molecule has 1 aliphatic rings. The lowest BCUT2D eigenvalue weighted by atomic mass is 10.1. The Morgan fingerprint density at radius 2 is 1.88 bits per heavy atom. The van der Waals surface area contributed by atoms with E-state index in [1.807, 2.05) is 0 Å². The lowest BCUT2D eigenvalue weighted by Crippen LogP contribution is -2.36. The van der Waals surface area contributed by atoms with Crippen LogP contribution in [0.5, 0.6) is 0 Å². The molecule has 2 amide bonds. The van der Waals surface area contributed by atoms with Crippen LogP contribution in [0.1, 0.15) is 22.3 Å². The lowest BCUT2D eigenvalue weighted by molar-refractivity contribution is -0.137. The molecular formula is C24H21F3N4O3. The molecule has 3 aromatic rings. The minimum atomic E-state index is -4.48. The van der Waals surface area contributed by atoms with Gasteiger partial charge in [-0.3, -0.25) is 4.90 Å². The van der Waals surface area contributed by atoms with E-state index in [2.05, 4.69) is 15.6 Å². The monoisotopic (exact) mass is 470 g/mol. The third kappa shape index (κ3) is 4.95. The second-order valence-electron chi connectivity index (χ2n) is 7.58. The Morgan fingerprint density at radius 3 is 2.65 bits per heavy atom. The molecule has 1 aromatic heterocycles. The minimum absolute atomic E-state index is 0.281. The zero-order valence-electron chi connectivity index (χ0n) is 18.1. The highest BCUT2D eigenvalue weighted by atomic mass is 19.4. The highest BCUT2D eigenvalue weighted by molar-refractivity contribution is 6.04. The quantitative estimate of drug-likeness (QED) is 0.501. The van der Waals surface area contributed by atoms with Crippen molar-refractivity contribution in [2.75, 3.05) is 35.7 Å². The molecule has 0 fully saturated rings. The molecule has 1 aliphatic heterocycles. The van der Waals surface area contributed by atoms with Crippen molar-refractivity contribution in [3.05, 3.63) is 71.8 Å². The van der Waals surface area contributed by atoms with E-state index in [0.29, 0.717) is 42.4 Å². The first kappa shape index (κ1) is 23.1. The molecule has 34 heavy (non-hydrogen) atoms. The topological polar surface area (TPSA) is 83.6 Å². The fourth-order valence-electron chi connectivity index (χ4n) is 3.60. The molecule has 0 bridgehead atoms. The van der Waals surface area contributed by atoms with Gasteiger partial charge in [0.2, 0.25) is 0 Å². The molecular weight excluding hydrogens is 449 g/mol. The number of hydrogen-bond donors (Lipinski definition) is 2. The van der Waals surface area contributed by atoms with Crippen molar-refractivity contribution in [3.8, 4) is 11.3 Å². The number of methoxy groups -OCH3 is 1. The number of hydrogen-bond acceptors (Lipinski definition) is 5. The summed E-state index contributed by atoms with van der Waals surface area (Å²) in [5.74, 6) is -0.234. The molecule has 0 atom stereocenters. The minimum Gasteiger partial charge on any atom is -0.465 e. The number of amides is 2. The number of rotatable bonds is 3. The zero-order valence-corrected chi connectivity index (χ0v) is 18.1. The molecule has 0 spiro atoms. The van der Waals surface area contributed by atoms with Crippen LogP contribution in [0, 0.1) is 0 Å². The molecule has 0 aliphatic carbocycles. The first-order valence-electron chi connectivity index (χ1n) is 10.5. The van der Waals surface area contributed by atoms with E-state index in [1.54, 1.807) is 30.3 Å². The predicted octanol–water partition coefficient (Wildman–Crippen LogP) is 5.41. The van der Waals surface area contributed by atoms with E-state index in [1.165, 1.54) is 30.2 Å².